The number of ether oxygens (including phenoxy) is 2. The van der Waals surface area contributed by atoms with Crippen LogP contribution >= 0.6 is 11.8 Å². The van der Waals surface area contributed by atoms with Gasteiger partial charge < -0.3 is 9.47 Å². The van der Waals surface area contributed by atoms with Crippen LogP contribution in [0.5, 0.6) is 0 Å². The molecule has 2 rings (SSSR count). The first-order chi connectivity index (χ1) is 9.78. The second kappa shape index (κ2) is 8.06. The lowest BCUT2D eigenvalue weighted by Crippen LogP contribution is -2.20. The summed E-state index contributed by atoms with van der Waals surface area (Å²) in [6.45, 7) is 2.33. The molecule has 0 spiro atoms. The smallest absolute Gasteiger partial charge is 0.183 e. The molecule has 2 unspecified atom stereocenters. The monoisotopic (exact) mass is 294 g/mol. The van der Waals surface area contributed by atoms with Crippen molar-refractivity contribution in [1.29, 1.82) is 0 Å². The fourth-order valence-corrected chi connectivity index (χ4v) is 4.49. The molecule has 3 heteroatoms. The van der Waals surface area contributed by atoms with Crippen molar-refractivity contribution >= 4 is 11.8 Å². The van der Waals surface area contributed by atoms with Crippen molar-refractivity contribution in [3.63, 3.8) is 0 Å². The lowest BCUT2D eigenvalue weighted by Gasteiger charge is -2.30. The van der Waals surface area contributed by atoms with Crippen LogP contribution in [-0.2, 0) is 9.47 Å². The molecule has 0 aliphatic heterocycles. The topological polar surface area (TPSA) is 18.5 Å². The first-order valence-corrected chi connectivity index (χ1v) is 8.48. The number of hydrogen-bond donors (Lipinski definition) is 0. The summed E-state index contributed by atoms with van der Waals surface area (Å²) in [7, 11) is 3.34. The van der Waals surface area contributed by atoms with E-state index in [1.54, 1.807) is 14.2 Å². The van der Waals surface area contributed by atoms with Crippen LogP contribution in [0.3, 0.4) is 0 Å². The van der Waals surface area contributed by atoms with Gasteiger partial charge in [0.2, 0.25) is 0 Å². The fraction of sp³-hybridized carbons (Fsp3) is 0.647. The van der Waals surface area contributed by atoms with Crippen molar-refractivity contribution < 1.29 is 9.47 Å². The van der Waals surface area contributed by atoms with Crippen molar-refractivity contribution in [1.82, 2.24) is 0 Å². The molecule has 1 aromatic rings. The molecular formula is C17H26O2S. The highest BCUT2D eigenvalue weighted by Crippen LogP contribution is 2.39. The van der Waals surface area contributed by atoms with E-state index >= 15 is 0 Å². The first-order valence-electron chi connectivity index (χ1n) is 7.60. The van der Waals surface area contributed by atoms with Gasteiger partial charge in [-0.2, -0.15) is 0 Å². The summed E-state index contributed by atoms with van der Waals surface area (Å²) in [5, 5.41) is 0.792. The third-order valence-corrected chi connectivity index (χ3v) is 5.70. The average Bonchev–Trinajstić information content (AvgIpc) is 2.51. The molecule has 0 N–H and O–H groups in total. The van der Waals surface area contributed by atoms with Crippen molar-refractivity contribution in [3.05, 3.63) is 29.8 Å². The van der Waals surface area contributed by atoms with E-state index < -0.39 is 0 Å². The maximum atomic E-state index is 5.28. The van der Waals surface area contributed by atoms with Gasteiger partial charge in [-0.15, -0.1) is 11.8 Å². The average molecular weight is 294 g/mol. The van der Waals surface area contributed by atoms with Crippen LogP contribution in [-0.4, -0.2) is 19.5 Å². The van der Waals surface area contributed by atoms with Crippen LogP contribution in [0.4, 0.5) is 0 Å². The van der Waals surface area contributed by atoms with E-state index in [1.807, 2.05) is 0 Å². The number of thioether (sulfide) groups is 1. The Morgan fingerprint density at radius 1 is 1.10 bits per heavy atom. The van der Waals surface area contributed by atoms with Crippen LogP contribution in [0, 0.1) is 5.92 Å². The van der Waals surface area contributed by atoms with Gasteiger partial charge in [0.15, 0.2) is 6.29 Å². The molecule has 20 heavy (non-hydrogen) atoms. The van der Waals surface area contributed by atoms with Crippen LogP contribution < -0.4 is 0 Å². The molecule has 1 aliphatic rings. The lowest BCUT2D eigenvalue weighted by atomic mass is 9.87. The van der Waals surface area contributed by atoms with E-state index in [1.165, 1.54) is 37.0 Å². The standard InChI is InChI=1S/C17H26O2S/c1-4-13-7-5-6-8-16(13)20-15-11-9-14(10-12-15)17(18-2)19-3/h9-13,16-17H,4-8H2,1-3H3. The Balaban J connectivity index is 1.99. The molecule has 2 nitrogen and oxygen atoms in total. The van der Waals surface area contributed by atoms with Crippen LogP contribution in [0.25, 0.3) is 0 Å². The minimum Gasteiger partial charge on any atom is -0.352 e. The third kappa shape index (κ3) is 4.00. The molecule has 0 radical (unpaired) electrons. The van der Waals surface area contributed by atoms with E-state index in [-0.39, 0.29) is 6.29 Å². The molecular weight excluding hydrogens is 268 g/mol. The van der Waals surface area contributed by atoms with Gasteiger partial charge in [0.25, 0.3) is 0 Å². The minimum absolute atomic E-state index is 0.257. The zero-order valence-corrected chi connectivity index (χ0v) is 13.6. The molecule has 0 saturated heterocycles. The Hall–Kier alpha value is -0.510. The Morgan fingerprint density at radius 3 is 2.35 bits per heavy atom. The molecule has 112 valence electrons. The van der Waals surface area contributed by atoms with E-state index in [0.717, 1.165) is 16.7 Å². The molecule has 2 atom stereocenters. The van der Waals surface area contributed by atoms with E-state index in [0.29, 0.717) is 0 Å². The number of hydrogen-bond acceptors (Lipinski definition) is 3. The number of benzene rings is 1. The summed E-state index contributed by atoms with van der Waals surface area (Å²) in [6.07, 6.45) is 6.63. The Bertz CT molecular complexity index is 386. The molecule has 0 bridgehead atoms. The Morgan fingerprint density at radius 2 is 1.75 bits per heavy atom. The minimum atomic E-state index is -0.257. The van der Waals surface area contributed by atoms with Crippen molar-refractivity contribution in [3.8, 4) is 0 Å². The van der Waals surface area contributed by atoms with E-state index in [9.17, 15) is 0 Å². The van der Waals surface area contributed by atoms with Crippen LogP contribution in [0.15, 0.2) is 29.2 Å². The predicted octanol–water partition coefficient (Wildman–Crippen LogP) is 5.04. The largest absolute Gasteiger partial charge is 0.352 e. The predicted molar refractivity (Wildman–Crippen MR) is 85.1 cm³/mol. The fourth-order valence-electron chi connectivity index (χ4n) is 3.04. The summed E-state index contributed by atoms with van der Waals surface area (Å²) < 4.78 is 10.6. The van der Waals surface area contributed by atoms with E-state index in [2.05, 4.69) is 43.0 Å². The van der Waals surface area contributed by atoms with Gasteiger partial charge in [0.05, 0.1) is 0 Å². The summed E-state index contributed by atoms with van der Waals surface area (Å²) >= 11 is 2.05. The molecule has 1 aliphatic carbocycles. The third-order valence-electron chi connectivity index (χ3n) is 4.23. The van der Waals surface area contributed by atoms with Gasteiger partial charge in [0.1, 0.15) is 0 Å². The van der Waals surface area contributed by atoms with Gasteiger partial charge >= 0.3 is 0 Å². The highest BCUT2D eigenvalue weighted by Gasteiger charge is 2.24. The maximum absolute atomic E-state index is 5.28. The highest BCUT2D eigenvalue weighted by molar-refractivity contribution is 8.00. The highest BCUT2D eigenvalue weighted by atomic mass is 32.2. The zero-order valence-electron chi connectivity index (χ0n) is 12.8. The number of methoxy groups -OCH3 is 2. The molecule has 1 saturated carbocycles. The van der Waals surface area contributed by atoms with Gasteiger partial charge in [-0.3, -0.25) is 0 Å². The molecule has 0 heterocycles. The molecule has 1 fully saturated rings. The normalized spacial score (nSPS) is 23.2. The van der Waals surface area contributed by atoms with Gasteiger partial charge in [-0.1, -0.05) is 38.3 Å². The quantitative estimate of drug-likeness (QED) is 0.685. The Labute approximate surface area is 127 Å². The zero-order chi connectivity index (χ0) is 14.4. The molecule has 1 aromatic carbocycles. The summed E-state index contributed by atoms with van der Waals surface area (Å²) in [4.78, 5) is 1.37. The van der Waals surface area contributed by atoms with E-state index in [4.69, 9.17) is 9.47 Å². The summed E-state index contributed by atoms with van der Waals surface area (Å²) in [5.41, 5.74) is 1.08. The van der Waals surface area contributed by atoms with Crippen LogP contribution in [0.2, 0.25) is 0 Å². The maximum Gasteiger partial charge on any atom is 0.183 e. The second-order valence-corrected chi connectivity index (χ2v) is 6.79. The van der Waals surface area contributed by atoms with Gasteiger partial charge in [-0.25, -0.2) is 0 Å². The van der Waals surface area contributed by atoms with Gasteiger partial charge in [0, 0.05) is 29.9 Å². The number of rotatable bonds is 6. The van der Waals surface area contributed by atoms with Crippen molar-refractivity contribution in [2.24, 2.45) is 5.92 Å². The van der Waals surface area contributed by atoms with Crippen LogP contribution in [0.1, 0.15) is 50.9 Å². The second-order valence-electron chi connectivity index (χ2n) is 5.48. The Kier molecular flexibility index (Phi) is 6.40. The molecule has 0 aromatic heterocycles. The summed E-state index contributed by atoms with van der Waals surface area (Å²) in [5.74, 6) is 0.888. The lowest BCUT2D eigenvalue weighted by molar-refractivity contribution is -0.106. The summed E-state index contributed by atoms with van der Waals surface area (Å²) in [6, 6.07) is 8.63. The first kappa shape index (κ1) is 15.9. The SMILES string of the molecule is CCC1CCCCC1Sc1ccc(C(OC)OC)cc1. The van der Waals surface area contributed by atoms with Crippen molar-refractivity contribution in [2.45, 2.75) is 55.5 Å². The van der Waals surface area contributed by atoms with Crippen molar-refractivity contribution in [2.75, 3.05) is 14.2 Å². The molecule has 0 amide bonds. The van der Waals surface area contributed by atoms with Gasteiger partial charge in [-0.05, 0) is 30.9 Å².